The standard InChI is InChI=1S/C19H24FNO4/c1-5-24-18(23)25-15-11-7-8-12(15)13-9-6-10-14(20)16(13)21-17(22)19(2,3)4/h6,9-10H,5,7-8,11H2,1-4H3,(H,21,22). The van der Waals surface area contributed by atoms with Crippen molar-refractivity contribution in [2.45, 2.75) is 47.0 Å². The first kappa shape index (κ1) is 19.0. The van der Waals surface area contributed by atoms with E-state index >= 15 is 0 Å². The monoisotopic (exact) mass is 349 g/mol. The van der Waals surface area contributed by atoms with Crippen LogP contribution in [0.4, 0.5) is 14.9 Å². The first-order valence-electron chi connectivity index (χ1n) is 8.41. The predicted molar refractivity (Wildman–Crippen MR) is 93.4 cm³/mol. The SMILES string of the molecule is CCOC(=O)OC1=C(c2cccc(F)c2NC(=O)C(C)(C)C)CCC1. The third-order valence-electron chi connectivity index (χ3n) is 3.89. The van der Waals surface area contributed by atoms with Gasteiger partial charge in [-0.25, -0.2) is 9.18 Å². The summed E-state index contributed by atoms with van der Waals surface area (Å²) in [6.07, 6.45) is 1.22. The summed E-state index contributed by atoms with van der Waals surface area (Å²) in [6, 6.07) is 4.59. The van der Waals surface area contributed by atoms with Gasteiger partial charge in [0.25, 0.3) is 0 Å². The van der Waals surface area contributed by atoms with Gasteiger partial charge in [0.1, 0.15) is 11.6 Å². The molecule has 25 heavy (non-hydrogen) atoms. The van der Waals surface area contributed by atoms with Crippen LogP contribution in [0.2, 0.25) is 0 Å². The van der Waals surface area contributed by atoms with Gasteiger partial charge >= 0.3 is 6.16 Å². The Morgan fingerprint density at radius 2 is 1.96 bits per heavy atom. The van der Waals surface area contributed by atoms with E-state index in [0.717, 1.165) is 12.0 Å². The molecule has 0 atom stereocenters. The number of amides is 1. The number of carbonyl (C=O) groups is 2. The second kappa shape index (κ2) is 7.68. The van der Waals surface area contributed by atoms with Gasteiger partial charge in [0.15, 0.2) is 0 Å². The molecular formula is C19H24FNO4. The summed E-state index contributed by atoms with van der Waals surface area (Å²) in [5, 5.41) is 2.67. The summed E-state index contributed by atoms with van der Waals surface area (Å²) < 4.78 is 24.5. The Hall–Kier alpha value is -2.37. The molecule has 0 radical (unpaired) electrons. The fourth-order valence-electron chi connectivity index (χ4n) is 2.57. The van der Waals surface area contributed by atoms with E-state index in [-0.39, 0.29) is 18.2 Å². The first-order chi connectivity index (χ1) is 11.7. The zero-order chi connectivity index (χ0) is 18.6. The Morgan fingerprint density at radius 3 is 2.60 bits per heavy atom. The van der Waals surface area contributed by atoms with Crippen LogP contribution in [0, 0.1) is 11.2 Å². The lowest BCUT2D eigenvalue weighted by Gasteiger charge is -2.20. The number of anilines is 1. The molecule has 1 aliphatic rings. The molecule has 0 spiro atoms. The molecule has 136 valence electrons. The van der Waals surface area contributed by atoms with E-state index in [1.165, 1.54) is 6.07 Å². The van der Waals surface area contributed by atoms with Crippen LogP contribution >= 0.6 is 0 Å². The van der Waals surface area contributed by atoms with Crippen LogP contribution in [-0.2, 0) is 14.3 Å². The van der Waals surface area contributed by atoms with E-state index in [0.29, 0.717) is 24.2 Å². The maximum absolute atomic E-state index is 14.4. The molecule has 0 aromatic heterocycles. The van der Waals surface area contributed by atoms with Crippen molar-refractivity contribution in [2.75, 3.05) is 11.9 Å². The Morgan fingerprint density at radius 1 is 1.24 bits per heavy atom. The summed E-state index contributed by atoms with van der Waals surface area (Å²) >= 11 is 0. The molecule has 0 fully saturated rings. The van der Waals surface area contributed by atoms with Gasteiger partial charge in [-0.15, -0.1) is 0 Å². The number of rotatable bonds is 4. The van der Waals surface area contributed by atoms with Crippen LogP contribution in [0.5, 0.6) is 0 Å². The highest BCUT2D eigenvalue weighted by molar-refractivity contribution is 5.97. The summed E-state index contributed by atoms with van der Waals surface area (Å²) in [4.78, 5) is 23.9. The number of halogens is 1. The molecule has 1 amide bonds. The van der Waals surface area contributed by atoms with E-state index < -0.39 is 17.4 Å². The molecule has 0 unspecified atom stereocenters. The third kappa shape index (κ3) is 4.59. The molecule has 0 aliphatic heterocycles. The molecule has 0 saturated carbocycles. The van der Waals surface area contributed by atoms with Gasteiger partial charge in [-0.05, 0) is 25.8 Å². The molecule has 5 nitrogen and oxygen atoms in total. The molecule has 6 heteroatoms. The zero-order valence-corrected chi connectivity index (χ0v) is 15.1. The molecule has 1 aliphatic carbocycles. The lowest BCUT2D eigenvalue weighted by Crippen LogP contribution is -2.28. The lowest BCUT2D eigenvalue weighted by atomic mass is 9.94. The first-order valence-corrected chi connectivity index (χ1v) is 8.41. The minimum Gasteiger partial charge on any atom is -0.434 e. The number of allylic oxidation sites excluding steroid dienone is 2. The number of hydrogen-bond donors (Lipinski definition) is 1. The van der Waals surface area contributed by atoms with Crippen LogP contribution in [-0.4, -0.2) is 18.7 Å². The molecule has 1 aromatic rings. The average molecular weight is 349 g/mol. The number of ether oxygens (including phenoxy) is 2. The largest absolute Gasteiger partial charge is 0.513 e. The van der Waals surface area contributed by atoms with Crippen molar-refractivity contribution in [3.8, 4) is 0 Å². The van der Waals surface area contributed by atoms with E-state index in [4.69, 9.17) is 9.47 Å². The molecule has 0 bridgehead atoms. The van der Waals surface area contributed by atoms with E-state index in [1.807, 2.05) is 0 Å². The third-order valence-corrected chi connectivity index (χ3v) is 3.89. The van der Waals surface area contributed by atoms with E-state index in [2.05, 4.69) is 5.32 Å². The summed E-state index contributed by atoms with van der Waals surface area (Å²) in [5.74, 6) is -0.342. The maximum Gasteiger partial charge on any atom is 0.513 e. The Bertz CT molecular complexity index is 704. The lowest BCUT2D eigenvalue weighted by molar-refractivity contribution is -0.123. The quantitative estimate of drug-likeness (QED) is 0.787. The highest BCUT2D eigenvalue weighted by atomic mass is 19.1. The van der Waals surface area contributed by atoms with Gasteiger partial charge in [0, 0.05) is 23.0 Å². The van der Waals surface area contributed by atoms with Gasteiger partial charge < -0.3 is 14.8 Å². The maximum atomic E-state index is 14.4. The molecule has 0 heterocycles. The van der Waals surface area contributed by atoms with E-state index in [1.54, 1.807) is 39.8 Å². The highest BCUT2D eigenvalue weighted by Gasteiger charge is 2.27. The van der Waals surface area contributed by atoms with Crippen molar-refractivity contribution in [3.05, 3.63) is 35.3 Å². The normalized spacial score (nSPS) is 14.4. The fraction of sp³-hybridized carbons (Fsp3) is 0.474. The molecule has 0 saturated heterocycles. The van der Waals surface area contributed by atoms with Crippen molar-refractivity contribution in [1.29, 1.82) is 0 Å². The van der Waals surface area contributed by atoms with Gasteiger partial charge in [-0.3, -0.25) is 4.79 Å². The molecule has 1 aromatic carbocycles. The number of carbonyl (C=O) groups excluding carboxylic acids is 2. The Kier molecular flexibility index (Phi) is 5.82. The van der Waals surface area contributed by atoms with Crippen molar-refractivity contribution in [3.63, 3.8) is 0 Å². The minimum absolute atomic E-state index is 0.115. The average Bonchev–Trinajstić information content (AvgIpc) is 2.96. The summed E-state index contributed by atoms with van der Waals surface area (Å²) in [6.45, 7) is 7.18. The topological polar surface area (TPSA) is 64.6 Å². The molecule has 1 N–H and O–H groups in total. The predicted octanol–water partition coefficient (Wildman–Crippen LogP) is 4.88. The summed E-state index contributed by atoms with van der Waals surface area (Å²) in [7, 11) is 0. The van der Waals surface area contributed by atoms with Gasteiger partial charge in [-0.2, -0.15) is 0 Å². The van der Waals surface area contributed by atoms with Crippen molar-refractivity contribution < 1.29 is 23.5 Å². The Labute approximate surface area is 147 Å². The second-order valence-electron chi connectivity index (χ2n) is 6.91. The molecule has 2 rings (SSSR count). The van der Waals surface area contributed by atoms with Crippen molar-refractivity contribution in [1.82, 2.24) is 0 Å². The van der Waals surface area contributed by atoms with Crippen molar-refractivity contribution in [2.24, 2.45) is 5.41 Å². The van der Waals surface area contributed by atoms with Crippen LogP contribution in [0.1, 0.15) is 52.5 Å². The number of benzene rings is 1. The van der Waals surface area contributed by atoms with E-state index in [9.17, 15) is 14.0 Å². The van der Waals surface area contributed by atoms with Gasteiger partial charge in [-0.1, -0.05) is 32.9 Å². The number of para-hydroxylation sites is 1. The molecular weight excluding hydrogens is 325 g/mol. The van der Waals surface area contributed by atoms with Crippen LogP contribution in [0.3, 0.4) is 0 Å². The van der Waals surface area contributed by atoms with Crippen LogP contribution in [0.25, 0.3) is 5.57 Å². The van der Waals surface area contributed by atoms with Gasteiger partial charge in [0.2, 0.25) is 5.91 Å². The second-order valence-corrected chi connectivity index (χ2v) is 6.91. The van der Waals surface area contributed by atoms with Crippen LogP contribution < -0.4 is 5.32 Å². The fourth-order valence-corrected chi connectivity index (χ4v) is 2.57. The minimum atomic E-state index is -0.770. The zero-order valence-electron chi connectivity index (χ0n) is 15.1. The van der Waals surface area contributed by atoms with Crippen LogP contribution in [0.15, 0.2) is 24.0 Å². The number of nitrogens with one attached hydrogen (secondary N) is 1. The van der Waals surface area contributed by atoms with Gasteiger partial charge in [0.05, 0.1) is 12.3 Å². The summed E-state index contributed by atoms with van der Waals surface area (Å²) in [5.41, 5.74) is 0.712. The number of hydrogen-bond acceptors (Lipinski definition) is 4. The smallest absolute Gasteiger partial charge is 0.434 e. The van der Waals surface area contributed by atoms with Crippen molar-refractivity contribution >= 4 is 23.3 Å². The highest BCUT2D eigenvalue weighted by Crippen LogP contribution is 2.39. The Balaban J connectivity index is 2.39.